The van der Waals surface area contributed by atoms with Crippen molar-refractivity contribution >= 4 is 49.7 Å². The van der Waals surface area contributed by atoms with Crippen molar-refractivity contribution in [3.63, 3.8) is 0 Å². The van der Waals surface area contributed by atoms with E-state index in [1.54, 1.807) is 0 Å². The van der Waals surface area contributed by atoms with Gasteiger partial charge in [0.2, 0.25) is 0 Å². The van der Waals surface area contributed by atoms with Crippen LogP contribution in [0.4, 0.5) is 10.6 Å². The zero-order valence-electron chi connectivity index (χ0n) is 10.0. The second-order valence-electron chi connectivity index (χ2n) is 3.89. The Labute approximate surface area is 130 Å². The maximum absolute atomic E-state index is 12.1. The molecule has 2 rings (SSSR count). The minimum absolute atomic E-state index is 0.0136. The lowest BCUT2D eigenvalue weighted by Gasteiger charge is -2.32. The number of carboxylic acid groups (broad SMARTS) is 1. The molecular formula is C10H10Br2N4O4. The number of anilines is 1. The van der Waals surface area contributed by atoms with Crippen LogP contribution in [0.3, 0.4) is 0 Å². The summed E-state index contributed by atoms with van der Waals surface area (Å²) in [5.41, 5.74) is 0. The van der Waals surface area contributed by atoms with Crippen molar-refractivity contribution in [3.05, 3.63) is 15.4 Å². The SMILES string of the molecule is O=C(Nc1ncc(Br)nc1Br)C1COCCN1C(=O)O. The molecule has 1 saturated heterocycles. The van der Waals surface area contributed by atoms with Gasteiger partial charge in [-0.2, -0.15) is 0 Å². The molecule has 1 unspecified atom stereocenters. The monoisotopic (exact) mass is 408 g/mol. The van der Waals surface area contributed by atoms with Gasteiger partial charge >= 0.3 is 6.09 Å². The summed E-state index contributed by atoms with van der Waals surface area (Å²) in [6, 6.07) is -0.904. The lowest BCUT2D eigenvalue weighted by molar-refractivity contribution is -0.125. The van der Waals surface area contributed by atoms with Crippen molar-refractivity contribution in [3.8, 4) is 0 Å². The fraction of sp³-hybridized carbons (Fsp3) is 0.400. The number of hydrogen-bond acceptors (Lipinski definition) is 5. The number of rotatable bonds is 2. The third-order valence-electron chi connectivity index (χ3n) is 2.62. The number of carbonyl (C=O) groups is 2. The quantitative estimate of drug-likeness (QED) is 0.763. The highest BCUT2D eigenvalue weighted by atomic mass is 79.9. The van der Waals surface area contributed by atoms with E-state index in [9.17, 15) is 9.59 Å². The minimum atomic E-state index is -1.16. The Morgan fingerprint density at radius 1 is 1.50 bits per heavy atom. The van der Waals surface area contributed by atoms with Crippen molar-refractivity contribution in [1.82, 2.24) is 14.9 Å². The zero-order chi connectivity index (χ0) is 14.7. The number of aromatic nitrogens is 2. The molecule has 0 aliphatic carbocycles. The van der Waals surface area contributed by atoms with Crippen LogP contribution in [-0.4, -0.2) is 57.8 Å². The molecule has 1 aliphatic heterocycles. The Balaban J connectivity index is 2.12. The lowest BCUT2D eigenvalue weighted by atomic mass is 10.2. The Bertz CT molecular complexity index is 542. The minimum Gasteiger partial charge on any atom is -0.465 e. The van der Waals surface area contributed by atoms with E-state index in [1.807, 2.05) is 0 Å². The number of ether oxygens (including phenoxy) is 1. The first-order chi connectivity index (χ1) is 9.49. The molecule has 0 bridgehead atoms. The van der Waals surface area contributed by atoms with Gasteiger partial charge in [0.1, 0.15) is 15.2 Å². The summed E-state index contributed by atoms with van der Waals surface area (Å²) in [6.07, 6.45) is 0.265. The van der Waals surface area contributed by atoms with Gasteiger partial charge in [0.05, 0.1) is 19.4 Å². The van der Waals surface area contributed by atoms with Gasteiger partial charge in [0.15, 0.2) is 5.82 Å². The number of halogens is 2. The van der Waals surface area contributed by atoms with Gasteiger partial charge in [-0.25, -0.2) is 14.8 Å². The van der Waals surface area contributed by atoms with Crippen LogP contribution in [0, 0.1) is 0 Å². The molecule has 0 saturated carbocycles. The predicted molar refractivity (Wildman–Crippen MR) is 75.4 cm³/mol. The normalized spacial score (nSPS) is 18.7. The second-order valence-corrected chi connectivity index (χ2v) is 5.45. The smallest absolute Gasteiger partial charge is 0.408 e. The Hall–Kier alpha value is -1.26. The number of nitrogens with zero attached hydrogens (tertiary/aromatic N) is 3. The number of hydrogen-bond donors (Lipinski definition) is 2. The van der Waals surface area contributed by atoms with Gasteiger partial charge in [0, 0.05) is 6.54 Å². The third-order valence-corrected chi connectivity index (χ3v) is 3.55. The predicted octanol–water partition coefficient (Wildman–Crippen LogP) is 1.32. The van der Waals surface area contributed by atoms with E-state index in [0.717, 1.165) is 4.90 Å². The van der Waals surface area contributed by atoms with Crippen LogP contribution in [0.15, 0.2) is 15.4 Å². The molecule has 108 valence electrons. The average Bonchev–Trinajstić information content (AvgIpc) is 2.41. The number of amides is 2. The van der Waals surface area contributed by atoms with Crippen molar-refractivity contribution in [2.24, 2.45) is 0 Å². The molecule has 1 aromatic heterocycles. The van der Waals surface area contributed by atoms with E-state index < -0.39 is 18.0 Å². The average molecular weight is 410 g/mol. The van der Waals surface area contributed by atoms with Crippen molar-refractivity contribution in [2.45, 2.75) is 6.04 Å². The second kappa shape index (κ2) is 6.46. The molecule has 1 aromatic rings. The third kappa shape index (κ3) is 3.44. The van der Waals surface area contributed by atoms with Gasteiger partial charge in [-0.05, 0) is 31.9 Å². The van der Waals surface area contributed by atoms with Gasteiger partial charge in [-0.1, -0.05) is 0 Å². The van der Waals surface area contributed by atoms with E-state index in [4.69, 9.17) is 9.84 Å². The molecular weight excluding hydrogens is 400 g/mol. The van der Waals surface area contributed by atoms with E-state index in [2.05, 4.69) is 47.1 Å². The van der Waals surface area contributed by atoms with E-state index in [0.29, 0.717) is 9.21 Å². The molecule has 2 amide bonds. The number of morpholine rings is 1. The van der Waals surface area contributed by atoms with E-state index >= 15 is 0 Å². The number of carbonyl (C=O) groups excluding carboxylic acids is 1. The Kier molecular flexibility index (Phi) is 4.89. The molecule has 1 aliphatic rings. The molecule has 0 radical (unpaired) electrons. The van der Waals surface area contributed by atoms with Gasteiger partial charge in [-0.3, -0.25) is 9.69 Å². The standard InChI is InChI=1S/C10H10Br2N4O4/c11-6-3-13-8(7(12)14-6)15-9(17)5-4-20-2-1-16(5)10(18)19/h3,5H,1-2,4H2,(H,18,19)(H,13,15,17). The maximum Gasteiger partial charge on any atom is 0.408 e. The molecule has 2 N–H and O–H groups in total. The highest BCUT2D eigenvalue weighted by molar-refractivity contribution is 9.11. The molecule has 1 fully saturated rings. The first-order valence-corrected chi connectivity index (χ1v) is 7.14. The summed E-state index contributed by atoms with van der Waals surface area (Å²) in [5, 5.41) is 11.6. The molecule has 0 spiro atoms. The van der Waals surface area contributed by atoms with Crippen LogP contribution in [0.2, 0.25) is 0 Å². The topological polar surface area (TPSA) is 105 Å². The molecule has 0 aromatic carbocycles. The van der Waals surface area contributed by atoms with Gasteiger partial charge in [-0.15, -0.1) is 0 Å². The van der Waals surface area contributed by atoms with Crippen LogP contribution in [0.5, 0.6) is 0 Å². The molecule has 1 atom stereocenters. The number of nitrogens with one attached hydrogen (secondary N) is 1. The summed E-state index contributed by atoms with van der Waals surface area (Å²) >= 11 is 6.31. The molecule has 20 heavy (non-hydrogen) atoms. The largest absolute Gasteiger partial charge is 0.465 e. The summed E-state index contributed by atoms with van der Waals surface area (Å²) in [5.74, 6) is -0.293. The van der Waals surface area contributed by atoms with Crippen molar-refractivity contribution in [2.75, 3.05) is 25.1 Å². The molecule has 8 nitrogen and oxygen atoms in total. The van der Waals surface area contributed by atoms with Crippen LogP contribution in [0.1, 0.15) is 0 Å². The van der Waals surface area contributed by atoms with Crippen LogP contribution >= 0.6 is 31.9 Å². The fourth-order valence-electron chi connectivity index (χ4n) is 1.68. The van der Waals surface area contributed by atoms with Crippen molar-refractivity contribution < 1.29 is 19.4 Å². The molecule has 2 heterocycles. The van der Waals surface area contributed by atoms with Crippen LogP contribution in [-0.2, 0) is 9.53 Å². The van der Waals surface area contributed by atoms with Crippen molar-refractivity contribution in [1.29, 1.82) is 0 Å². The summed E-state index contributed by atoms with van der Waals surface area (Å²) in [6.45, 7) is 0.443. The highest BCUT2D eigenvalue weighted by Crippen LogP contribution is 2.20. The first kappa shape index (κ1) is 15.1. The fourth-order valence-corrected chi connectivity index (χ4v) is 2.59. The van der Waals surface area contributed by atoms with Gasteiger partial charge in [0.25, 0.3) is 5.91 Å². The Morgan fingerprint density at radius 2 is 2.25 bits per heavy atom. The molecule has 10 heteroatoms. The summed E-state index contributed by atoms with van der Waals surface area (Å²) in [7, 11) is 0. The lowest BCUT2D eigenvalue weighted by Crippen LogP contribution is -2.53. The Morgan fingerprint density at radius 3 is 2.90 bits per heavy atom. The summed E-state index contributed by atoms with van der Waals surface area (Å²) in [4.78, 5) is 32.3. The highest BCUT2D eigenvalue weighted by Gasteiger charge is 2.33. The maximum atomic E-state index is 12.1. The van der Waals surface area contributed by atoms with E-state index in [-0.39, 0.29) is 25.6 Å². The van der Waals surface area contributed by atoms with Crippen LogP contribution in [0.25, 0.3) is 0 Å². The summed E-state index contributed by atoms with van der Waals surface area (Å²) < 4.78 is 6.01. The zero-order valence-corrected chi connectivity index (χ0v) is 13.2. The first-order valence-electron chi connectivity index (χ1n) is 5.55. The van der Waals surface area contributed by atoms with Gasteiger partial charge < -0.3 is 15.2 Å². The van der Waals surface area contributed by atoms with E-state index in [1.165, 1.54) is 6.20 Å². The van der Waals surface area contributed by atoms with Crippen LogP contribution < -0.4 is 5.32 Å².